The summed E-state index contributed by atoms with van der Waals surface area (Å²) in [5.74, 6) is 0.249. The Labute approximate surface area is 105 Å². The van der Waals surface area contributed by atoms with E-state index in [4.69, 9.17) is 4.74 Å². The first-order valence-corrected chi connectivity index (χ1v) is 6.32. The van der Waals surface area contributed by atoms with E-state index in [1.54, 1.807) is 12.4 Å². The second-order valence-corrected chi connectivity index (χ2v) is 4.98. The van der Waals surface area contributed by atoms with Crippen LogP contribution in [0.1, 0.15) is 23.2 Å². The zero-order valence-corrected chi connectivity index (χ0v) is 10.1. The van der Waals surface area contributed by atoms with E-state index in [1.165, 1.54) is 0 Å². The summed E-state index contributed by atoms with van der Waals surface area (Å²) < 4.78 is 5.70. The summed E-state index contributed by atoms with van der Waals surface area (Å²) in [7, 11) is 0. The molecular formula is C12H17N3O3. The van der Waals surface area contributed by atoms with Crippen LogP contribution in [0.4, 0.5) is 0 Å². The van der Waals surface area contributed by atoms with E-state index in [0.29, 0.717) is 18.7 Å². The molecular weight excluding hydrogens is 234 g/mol. The number of aromatic nitrogens is 2. The van der Waals surface area contributed by atoms with Crippen LogP contribution in [0.3, 0.4) is 0 Å². The summed E-state index contributed by atoms with van der Waals surface area (Å²) in [5.41, 5.74) is 0.586. The third kappa shape index (κ3) is 1.91. The Balaban J connectivity index is 1.77. The number of carbonyl (C=O) groups excluding carboxylic acids is 1. The van der Waals surface area contributed by atoms with Crippen molar-refractivity contribution in [3.8, 4) is 0 Å². The summed E-state index contributed by atoms with van der Waals surface area (Å²) in [6.45, 7) is 1.36. The number of amides is 1. The molecule has 2 aliphatic rings. The van der Waals surface area contributed by atoms with Crippen molar-refractivity contribution in [2.45, 2.75) is 25.0 Å². The summed E-state index contributed by atoms with van der Waals surface area (Å²) in [6, 6.07) is 0.0956. The highest BCUT2D eigenvalue weighted by Gasteiger charge is 2.42. The molecule has 3 atom stereocenters. The molecule has 0 bridgehead atoms. The van der Waals surface area contributed by atoms with Crippen molar-refractivity contribution in [3.63, 3.8) is 0 Å². The standard InChI is InChI=1S/C12H17N3O3/c16-7-8-3-10-11(4-8)18-2-1-15(10)12(17)9-5-13-14-6-9/h5-6,8,10-11,16H,1-4,7H2,(H,13,14)/t8-,10+,11?/m1/s1. The van der Waals surface area contributed by atoms with Gasteiger partial charge in [-0.05, 0) is 18.8 Å². The van der Waals surface area contributed by atoms with Crippen LogP contribution in [0, 0.1) is 5.92 Å². The maximum Gasteiger partial charge on any atom is 0.257 e. The lowest BCUT2D eigenvalue weighted by molar-refractivity contribution is -0.0448. The first-order chi connectivity index (χ1) is 8.79. The van der Waals surface area contributed by atoms with Crippen LogP contribution in [0.25, 0.3) is 0 Å². The average molecular weight is 251 g/mol. The minimum atomic E-state index is 0.000592. The second-order valence-electron chi connectivity index (χ2n) is 4.98. The first-order valence-electron chi connectivity index (χ1n) is 6.32. The number of morpholine rings is 1. The van der Waals surface area contributed by atoms with E-state index in [9.17, 15) is 9.90 Å². The summed E-state index contributed by atoms with van der Waals surface area (Å²) in [6.07, 6.45) is 4.91. The SMILES string of the molecule is O=C(c1cn[nH]c1)N1CCOC2C[C@H](CO)C[C@@H]21. The van der Waals surface area contributed by atoms with E-state index < -0.39 is 0 Å². The lowest BCUT2D eigenvalue weighted by atomic mass is 10.1. The molecule has 1 saturated carbocycles. The van der Waals surface area contributed by atoms with E-state index in [-0.39, 0.29) is 30.6 Å². The molecule has 1 aliphatic heterocycles. The fraction of sp³-hybridized carbons (Fsp3) is 0.667. The van der Waals surface area contributed by atoms with E-state index >= 15 is 0 Å². The van der Waals surface area contributed by atoms with Crippen LogP contribution >= 0.6 is 0 Å². The van der Waals surface area contributed by atoms with Gasteiger partial charge in [-0.25, -0.2) is 0 Å². The van der Waals surface area contributed by atoms with Crippen LogP contribution in [0.2, 0.25) is 0 Å². The molecule has 1 unspecified atom stereocenters. The highest BCUT2D eigenvalue weighted by atomic mass is 16.5. The summed E-state index contributed by atoms with van der Waals surface area (Å²) >= 11 is 0. The van der Waals surface area contributed by atoms with Crippen LogP contribution in [-0.4, -0.2) is 58.0 Å². The van der Waals surface area contributed by atoms with Crippen molar-refractivity contribution in [3.05, 3.63) is 18.0 Å². The number of carbonyl (C=O) groups is 1. The van der Waals surface area contributed by atoms with Crippen molar-refractivity contribution < 1.29 is 14.6 Å². The van der Waals surface area contributed by atoms with E-state index in [2.05, 4.69) is 10.2 Å². The number of aromatic amines is 1. The molecule has 1 saturated heterocycles. The van der Waals surface area contributed by atoms with Crippen molar-refractivity contribution in [1.82, 2.24) is 15.1 Å². The molecule has 1 aliphatic carbocycles. The Morgan fingerprint density at radius 3 is 3.22 bits per heavy atom. The number of ether oxygens (including phenoxy) is 1. The number of H-pyrrole nitrogens is 1. The maximum absolute atomic E-state index is 12.3. The van der Waals surface area contributed by atoms with Crippen LogP contribution in [0.15, 0.2) is 12.4 Å². The van der Waals surface area contributed by atoms with Crippen LogP contribution in [-0.2, 0) is 4.74 Å². The summed E-state index contributed by atoms with van der Waals surface area (Å²) in [4.78, 5) is 14.2. The Bertz CT molecular complexity index is 420. The number of aliphatic hydroxyl groups excluding tert-OH is 1. The van der Waals surface area contributed by atoms with Crippen molar-refractivity contribution in [1.29, 1.82) is 0 Å². The fourth-order valence-corrected chi connectivity index (χ4v) is 2.99. The molecule has 3 rings (SSSR count). The maximum atomic E-state index is 12.3. The summed E-state index contributed by atoms with van der Waals surface area (Å²) in [5, 5.41) is 15.7. The molecule has 0 spiro atoms. The number of fused-ring (bicyclic) bond motifs is 1. The molecule has 0 aromatic carbocycles. The number of nitrogens with one attached hydrogen (secondary N) is 1. The highest BCUT2D eigenvalue weighted by Crippen LogP contribution is 2.34. The van der Waals surface area contributed by atoms with Gasteiger partial charge in [-0.2, -0.15) is 5.10 Å². The fourth-order valence-electron chi connectivity index (χ4n) is 2.99. The molecule has 6 nitrogen and oxygen atoms in total. The average Bonchev–Trinajstić information content (AvgIpc) is 3.05. The lowest BCUT2D eigenvalue weighted by Gasteiger charge is -2.37. The van der Waals surface area contributed by atoms with Crippen LogP contribution < -0.4 is 0 Å². The van der Waals surface area contributed by atoms with Crippen molar-refractivity contribution in [2.75, 3.05) is 19.8 Å². The van der Waals surface area contributed by atoms with Gasteiger partial charge in [0.15, 0.2) is 0 Å². The topological polar surface area (TPSA) is 78.5 Å². The first kappa shape index (κ1) is 11.7. The van der Waals surface area contributed by atoms with E-state index in [0.717, 1.165) is 12.8 Å². The van der Waals surface area contributed by atoms with Gasteiger partial charge < -0.3 is 14.7 Å². The third-order valence-electron chi connectivity index (χ3n) is 3.90. The van der Waals surface area contributed by atoms with Gasteiger partial charge in [-0.15, -0.1) is 0 Å². The van der Waals surface area contributed by atoms with Gasteiger partial charge in [-0.3, -0.25) is 9.89 Å². The number of hydrogen-bond acceptors (Lipinski definition) is 4. The van der Waals surface area contributed by atoms with Gasteiger partial charge >= 0.3 is 0 Å². The molecule has 2 N–H and O–H groups in total. The minimum absolute atomic E-state index is 0.000592. The molecule has 98 valence electrons. The smallest absolute Gasteiger partial charge is 0.257 e. The zero-order chi connectivity index (χ0) is 12.5. The largest absolute Gasteiger partial charge is 0.396 e. The number of aliphatic hydroxyl groups is 1. The molecule has 0 radical (unpaired) electrons. The molecule has 2 heterocycles. The van der Waals surface area contributed by atoms with Crippen molar-refractivity contribution in [2.24, 2.45) is 5.92 Å². The third-order valence-corrected chi connectivity index (χ3v) is 3.90. The lowest BCUT2D eigenvalue weighted by Crippen LogP contribution is -2.51. The minimum Gasteiger partial charge on any atom is -0.396 e. The molecule has 1 aromatic heterocycles. The molecule has 1 amide bonds. The van der Waals surface area contributed by atoms with Gasteiger partial charge in [0, 0.05) is 19.3 Å². The van der Waals surface area contributed by atoms with Crippen molar-refractivity contribution >= 4 is 5.91 Å². The Morgan fingerprint density at radius 1 is 1.61 bits per heavy atom. The molecule has 18 heavy (non-hydrogen) atoms. The normalized spacial score (nSPS) is 31.4. The number of nitrogens with zero attached hydrogens (tertiary/aromatic N) is 2. The van der Waals surface area contributed by atoms with Crippen LogP contribution in [0.5, 0.6) is 0 Å². The predicted molar refractivity (Wildman–Crippen MR) is 63.0 cm³/mol. The van der Waals surface area contributed by atoms with Gasteiger partial charge in [0.2, 0.25) is 0 Å². The molecule has 2 fully saturated rings. The Morgan fingerprint density at radius 2 is 2.50 bits per heavy atom. The quantitative estimate of drug-likeness (QED) is 0.777. The monoisotopic (exact) mass is 251 g/mol. The Kier molecular flexibility index (Phi) is 3.05. The van der Waals surface area contributed by atoms with Gasteiger partial charge in [0.25, 0.3) is 5.91 Å². The predicted octanol–water partition coefficient (Wildman–Crippen LogP) is 0.0216. The second kappa shape index (κ2) is 4.70. The van der Waals surface area contributed by atoms with E-state index in [1.807, 2.05) is 4.90 Å². The van der Waals surface area contributed by atoms with Gasteiger partial charge in [0.1, 0.15) is 0 Å². The Hall–Kier alpha value is -1.40. The zero-order valence-electron chi connectivity index (χ0n) is 10.1. The van der Waals surface area contributed by atoms with Gasteiger partial charge in [0.05, 0.1) is 30.5 Å². The highest BCUT2D eigenvalue weighted by molar-refractivity contribution is 5.94. The molecule has 6 heteroatoms. The number of rotatable bonds is 2. The number of hydrogen-bond donors (Lipinski definition) is 2. The van der Waals surface area contributed by atoms with Gasteiger partial charge in [-0.1, -0.05) is 0 Å². The molecule has 1 aromatic rings.